The van der Waals surface area contributed by atoms with E-state index in [9.17, 15) is 40.5 Å². The first-order chi connectivity index (χ1) is 13.8. The standard InChI is InChI=1S/C16H20N6O8/c1-7-11(21(2)13-10-8(23)5-18-12(10)19-6-20-13)15(27,28)22(9(24)3-4-17)16(29,30)14(7,25)26/h5-7,11,23,25-30H,3H2,1-2H3,(H,18,19,20). The molecule has 8 N–H and O–H groups in total. The van der Waals surface area contributed by atoms with Crippen molar-refractivity contribution in [3.63, 3.8) is 0 Å². The lowest BCUT2D eigenvalue weighted by Gasteiger charge is -2.59. The Morgan fingerprint density at radius 1 is 1.30 bits per heavy atom. The molecule has 2 atom stereocenters. The van der Waals surface area contributed by atoms with Gasteiger partial charge in [-0.3, -0.25) is 4.79 Å². The molecule has 0 spiro atoms. The van der Waals surface area contributed by atoms with E-state index >= 15 is 0 Å². The molecule has 0 aromatic carbocycles. The molecule has 0 saturated carbocycles. The van der Waals surface area contributed by atoms with Crippen molar-refractivity contribution in [2.45, 2.75) is 37.0 Å². The summed E-state index contributed by atoms with van der Waals surface area (Å²) in [5.41, 5.74) is 0.171. The Bertz CT molecular complexity index is 1030. The largest absolute Gasteiger partial charge is 0.506 e. The molecular formula is C16H20N6O8. The Balaban J connectivity index is 2.20. The number of aromatic nitrogens is 3. The molecule has 1 aliphatic heterocycles. The number of likely N-dealkylation sites (tertiary alicyclic amines) is 1. The predicted molar refractivity (Wildman–Crippen MR) is 95.5 cm³/mol. The Labute approximate surface area is 168 Å². The Morgan fingerprint density at radius 3 is 2.53 bits per heavy atom. The van der Waals surface area contributed by atoms with Crippen LogP contribution in [0.15, 0.2) is 12.5 Å². The molecule has 2 unspecified atom stereocenters. The van der Waals surface area contributed by atoms with E-state index in [4.69, 9.17) is 5.26 Å². The van der Waals surface area contributed by atoms with Gasteiger partial charge in [-0.1, -0.05) is 6.92 Å². The summed E-state index contributed by atoms with van der Waals surface area (Å²) < 4.78 is 0. The van der Waals surface area contributed by atoms with Crippen molar-refractivity contribution in [3.8, 4) is 11.8 Å². The van der Waals surface area contributed by atoms with Crippen molar-refractivity contribution < 1.29 is 40.5 Å². The van der Waals surface area contributed by atoms with Crippen LogP contribution in [0.1, 0.15) is 13.3 Å². The van der Waals surface area contributed by atoms with Crippen LogP contribution in [0, 0.1) is 17.2 Å². The Morgan fingerprint density at radius 2 is 1.93 bits per heavy atom. The molecule has 1 amide bonds. The van der Waals surface area contributed by atoms with Crippen molar-refractivity contribution >= 4 is 22.8 Å². The smallest absolute Gasteiger partial charge is 0.310 e. The molecular weight excluding hydrogens is 404 g/mol. The quantitative estimate of drug-likeness (QED) is 0.228. The Kier molecular flexibility index (Phi) is 4.86. The highest BCUT2D eigenvalue weighted by molar-refractivity contribution is 5.93. The average molecular weight is 424 g/mol. The van der Waals surface area contributed by atoms with E-state index in [1.807, 2.05) is 0 Å². The lowest BCUT2D eigenvalue weighted by atomic mass is 9.80. The number of aromatic amines is 1. The molecule has 0 aliphatic carbocycles. The number of hydrogen-bond donors (Lipinski definition) is 8. The number of fused-ring (bicyclic) bond motifs is 1. The van der Waals surface area contributed by atoms with Gasteiger partial charge in [0, 0.05) is 19.2 Å². The van der Waals surface area contributed by atoms with Crippen LogP contribution in [0.2, 0.25) is 0 Å². The second kappa shape index (κ2) is 6.74. The summed E-state index contributed by atoms with van der Waals surface area (Å²) in [6.45, 7) is 1.06. The van der Waals surface area contributed by atoms with Crippen LogP contribution in [-0.2, 0) is 4.79 Å². The lowest BCUT2D eigenvalue weighted by molar-refractivity contribution is -0.494. The van der Waals surface area contributed by atoms with Crippen LogP contribution >= 0.6 is 0 Å². The van der Waals surface area contributed by atoms with E-state index in [1.165, 1.54) is 19.3 Å². The highest BCUT2D eigenvalue weighted by Crippen LogP contribution is 2.46. The molecule has 14 nitrogen and oxygen atoms in total. The fraction of sp³-hybridized carbons (Fsp3) is 0.500. The maximum Gasteiger partial charge on any atom is 0.310 e. The third-order valence-corrected chi connectivity index (χ3v) is 5.30. The zero-order valence-corrected chi connectivity index (χ0v) is 15.8. The summed E-state index contributed by atoms with van der Waals surface area (Å²) in [7, 11) is 1.24. The molecule has 0 bridgehead atoms. The topological polar surface area (TPSA) is 231 Å². The van der Waals surface area contributed by atoms with Crippen LogP contribution in [0.3, 0.4) is 0 Å². The van der Waals surface area contributed by atoms with Gasteiger partial charge in [0.25, 0.3) is 5.91 Å². The van der Waals surface area contributed by atoms with E-state index in [0.717, 1.165) is 18.2 Å². The molecule has 1 aliphatic rings. The number of hydrogen-bond acceptors (Lipinski definition) is 12. The monoisotopic (exact) mass is 424 g/mol. The van der Waals surface area contributed by atoms with E-state index in [0.29, 0.717) is 0 Å². The number of piperidine rings is 1. The Hall–Kier alpha value is -3.06. The van der Waals surface area contributed by atoms with E-state index in [1.54, 1.807) is 0 Å². The first-order valence-corrected chi connectivity index (χ1v) is 8.58. The molecule has 162 valence electrons. The molecule has 14 heteroatoms. The summed E-state index contributed by atoms with van der Waals surface area (Å²) in [5.74, 6) is -14.4. The van der Waals surface area contributed by atoms with Gasteiger partial charge in [0.15, 0.2) is 0 Å². The minimum Gasteiger partial charge on any atom is -0.506 e. The maximum atomic E-state index is 12.3. The minimum atomic E-state index is -3.86. The lowest BCUT2D eigenvalue weighted by Crippen LogP contribution is -2.84. The fourth-order valence-corrected chi connectivity index (χ4v) is 3.82. The van der Waals surface area contributed by atoms with Crippen molar-refractivity contribution in [2.75, 3.05) is 11.9 Å². The number of nitrogens with zero attached hydrogens (tertiary/aromatic N) is 5. The SMILES string of the molecule is CC1C(N(C)c2ncnc3[nH]cc(O)c23)C(O)(O)N(C(=O)CC#N)C(O)(O)C1(O)O. The zero-order valence-electron chi connectivity index (χ0n) is 15.8. The van der Waals surface area contributed by atoms with Gasteiger partial charge in [0.05, 0.1) is 6.07 Å². The van der Waals surface area contributed by atoms with Crippen molar-refractivity contribution in [2.24, 2.45) is 5.92 Å². The highest BCUT2D eigenvalue weighted by atomic mass is 16.6. The molecule has 30 heavy (non-hydrogen) atoms. The molecule has 3 heterocycles. The van der Waals surface area contributed by atoms with Crippen molar-refractivity contribution in [1.82, 2.24) is 19.9 Å². The van der Waals surface area contributed by atoms with Gasteiger partial charge in [-0.25, -0.2) is 14.9 Å². The molecule has 1 saturated heterocycles. The molecule has 3 rings (SSSR count). The summed E-state index contributed by atoms with van der Waals surface area (Å²) in [6, 6.07) is -0.426. The van der Waals surface area contributed by atoms with Gasteiger partial charge in [-0.2, -0.15) is 5.26 Å². The van der Waals surface area contributed by atoms with Gasteiger partial charge in [0.2, 0.25) is 11.7 Å². The average Bonchev–Trinajstić information content (AvgIpc) is 3.01. The number of carbonyl (C=O) groups is 1. The van der Waals surface area contributed by atoms with E-state index in [2.05, 4.69) is 15.0 Å². The van der Waals surface area contributed by atoms with Crippen LogP contribution in [-0.4, -0.2) is 92.2 Å². The van der Waals surface area contributed by atoms with Crippen LogP contribution in [0.4, 0.5) is 5.82 Å². The summed E-state index contributed by atoms with van der Waals surface area (Å²) in [4.78, 5) is 23.5. The normalized spacial score (nSPS) is 24.4. The number of aliphatic hydroxyl groups is 6. The van der Waals surface area contributed by atoms with Crippen LogP contribution < -0.4 is 4.90 Å². The van der Waals surface area contributed by atoms with Gasteiger partial charge in [-0.15, -0.1) is 0 Å². The summed E-state index contributed by atoms with van der Waals surface area (Å²) in [5, 5.41) is 81.9. The maximum absolute atomic E-state index is 12.3. The highest BCUT2D eigenvalue weighted by Gasteiger charge is 2.72. The predicted octanol–water partition coefficient (Wildman–Crippen LogP) is -3.18. The number of aromatic hydroxyl groups is 1. The second-order valence-corrected chi connectivity index (χ2v) is 7.05. The molecule has 0 radical (unpaired) electrons. The van der Waals surface area contributed by atoms with Gasteiger partial charge in [0.1, 0.15) is 41.4 Å². The van der Waals surface area contributed by atoms with E-state index in [-0.39, 0.29) is 27.5 Å². The first kappa shape index (κ1) is 21.6. The number of nitriles is 1. The second-order valence-electron chi connectivity index (χ2n) is 7.05. The number of likely N-dealkylation sites (N-methyl/N-ethyl adjacent to an activating group) is 1. The minimum absolute atomic E-state index is 0.0456. The van der Waals surface area contributed by atoms with Crippen molar-refractivity contribution in [3.05, 3.63) is 12.5 Å². The van der Waals surface area contributed by atoms with E-state index < -0.39 is 41.9 Å². The van der Waals surface area contributed by atoms with Gasteiger partial charge >= 0.3 is 5.91 Å². The number of nitrogens with one attached hydrogen (secondary N) is 1. The summed E-state index contributed by atoms with van der Waals surface area (Å²) >= 11 is 0. The van der Waals surface area contributed by atoms with Crippen LogP contribution in [0.25, 0.3) is 11.0 Å². The first-order valence-electron chi connectivity index (χ1n) is 8.58. The number of anilines is 1. The molecule has 2 aromatic heterocycles. The third-order valence-electron chi connectivity index (χ3n) is 5.30. The fourth-order valence-electron chi connectivity index (χ4n) is 3.82. The van der Waals surface area contributed by atoms with Gasteiger partial charge < -0.3 is 45.6 Å². The van der Waals surface area contributed by atoms with Crippen LogP contribution in [0.5, 0.6) is 5.75 Å². The number of carbonyl (C=O) groups excluding carboxylic acids is 1. The number of rotatable bonds is 3. The molecule has 2 aromatic rings. The molecule has 1 fully saturated rings. The van der Waals surface area contributed by atoms with Crippen molar-refractivity contribution in [1.29, 1.82) is 5.26 Å². The number of H-pyrrole nitrogens is 1. The third kappa shape index (κ3) is 2.76. The zero-order chi connectivity index (χ0) is 22.6. The number of amides is 1. The van der Waals surface area contributed by atoms with Gasteiger partial charge in [-0.05, 0) is 0 Å². The summed E-state index contributed by atoms with van der Waals surface area (Å²) in [6.07, 6.45) is 1.26.